The maximum absolute atomic E-state index is 13.5. The SMILES string of the molecule is CCC(NC(=O)CN(c1cccc(Cl)c1)S(=O)(=O)c1ccc(Cl)cc1)c1ccc(OC)c(C)c1. The summed E-state index contributed by atoms with van der Waals surface area (Å²) in [5.74, 6) is 0.309. The largest absolute Gasteiger partial charge is 0.496 e. The van der Waals surface area contributed by atoms with Crippen molar-refractivity contribution in [1.29, 1.82) is 0 Å². The number of benzene rings is 3. The molecule has 9 heteroatoms. The fourth-order valence-electron chi connectivity index (χ4n) is 3.59. The summed E-state index contributed by atoms with van der Waals surface area (Å²) >= 11 is 12.0. The lowest BCUT2D eigenvalue weighted by Crippen LogP contribution is -2.42. The first kappa shape index (κ1) is 25.9. The number of ether oxygens (including phenoxy) is 1. The van der Waals surface area contributed by atoms with Gasteiger partial charge in [0.2, 0.25) is 5.91 Å². The van der Waals surface area contributed by atoms with Crippen molar-refractivity contribution in [2.45, 2.75) is 31.2 Å². The number of nitrogens with one attached hydrogen (secondary N) is 1. The zero-order chi connectivity index (χ0) is 24.9. The van der Waals surface area contributed by atoms with Gasteiger partial charge in [0.05, 0.1) is 23.7 Å². The highest BCUT2D eigenvalue weighted by Gasteiger charge is 2.28. The first-order valence-corrected chi connectivity index (χ1v) is 12.8. The summed E-state index contributed by atoms with van der Waals surface area (Å²) in [5.41, 5.74) is 2.13. The number of carbonyl (C=O) groups excluding carboxylic acids is 1. The molecule has 0 spiro atoms. The molecule has 1 N–H and O–H groups in total. The van der Waals surface area contributed by atoms with E-state index in [2.05, 4.69) is 5.32 Å². The molecule has 3 aromatic rings. The maximum Gasteiger partial charge on any atom is 0.264 e. The zero-order valence-electron chi connectivity index (χ0n) is 19.1. The van der Waals surface area contributed by atoms with E-state index in [9.17, 15) is 13.2 Å². The maximum atomic E-state index is 13.5. The molecule has 34 heavy (non-hydrogen) atoms. The Labute approximate surface area is 210 Å². The van der Waals surface area contributed by atoms with Gasteiger partial charge in [0.15, 0.2) is 0 Å². The predicted octanol–water partition coefficient (Wildman–Crippen LogP) is 5.77. The van der Waals surface area contributed by atoms with E-state index < -0.39 is 22.5 Å². The fourth-order valence-corrected chi connectivity index (χ4v) is 5.31. The number of rotatable bonds is 9. The monoisotopic (exact) mass is 520 g/mol. The first-order valence-electron chi connectivity index (χ1n) is 10.6. The first-order chi connectivity index (χ1) is 16.1. The van der Waals surface area contributed by atoms with Crippen LogP contribution in [0.1, 0.15) is 30.5 Å². The molecule has 0 fully saturated rings. The summed E-state index contributed by atoms with van der Waals surface area (Å²) in [5, 5.41) is 3.72. The Morgan fingerprint density at radius 2 is 1.74 bits per heavy atom. The van der Waals surface area contributed by atoms with Crippen molar-refractivity contribution in [2.24, 2.45) is 0 Å². The van der Waals surface area contributed by atoms with Gasteiger partial charge in [0.25, 0.3) is 10.0 Å². The highest BCUT2D eigenvalue weighted by atomic mass is 35.5. The van der Waals surface area contributed by atoms with Crippen LogP contribution in [-0.2, 0) is 14.8 Å². The number of nitrogens with zero attached hydrogens (tertiary/aromatic N) is 1. The van der Waals surface area contributed by atoms with E-state index in [4.69, 9.17) is 27.9 Å². The van der Waals surface area contributed by atoms with E-state index in [1.807, 2.05) is 32.0 Å². The summed E-state index contributed by atoms with van der Waals surface area (Å²) in [6.45, 7) is 3.46. The minimum Gasteiger partial charge on any atom is -0.496 e. The Kier molecular flexibility index (Phi) is 8.47. The van der Waals surface area contributed by atoms with Gasteiger partial charge in [-0.15, -0.1) is 0 Å². The lowest BCUT2D eigenvalue weighted by atomic mass is 10.0. The summed E-state index contributed by atoms with van der Waals surface area (Å²) in [4.78, 5) is 13.1. The molecular weight excluding hydrogens is 495 g/mol. The van der Waals surface area contributed by atoms with Gasteiger partial charge in [-0.25, -0.2) is 8.42 Å². The molecule has 0 aliphatic rings. The molecule has 0 aromatic heterocycles. The number of sulfonamides is 1. The average Bonchev–Trinajstić information content (AvgIpc) is 2.81. The molecule has 0 saturated carbocycles. The summed E-state index contributed by atoms with van der Waals surface area (Å²) in [6, 6.07) is 17.6. The van der Waals surface area contributed by atoms with E-state index in [0.717, 1.165) is 21.2 Å². The van der Waals surface area contributed by atoms with Gasteiger partial charge in [0, 0.05) is 10.0 Å². The number of hydrogen-bond acceptors (Lipinski definition) is 4. The van der Waals surface area contributed by atoms with Crippen LogP contribution in [0.3, 0.4) is 0 Å². The third-order valence-corrected chi connectivity index (χ3v) is 7.62. The van der Waals surface area contributed by atoms with Crippen LogP contribution in [0.4, 0.5) is 5.69 Å². The van der Waals surface area contributed by atoms with Crippen LogP contribution in [0.5, 0.6) is 5.75 Å². The highest BCUT2D eigenvalue weighted by Crippen LogP contribution is 2.28. The van der Waals surface area contributed by atoms with Crippen LogP contribution in [-0.4, -0.2) is 28.0 Å². The van der Waals surface area contributed by atoms with Gasteiger partial charge in [-0.1, -0.05) is 48.3 Å². The Balaban J connectivity index is 1.90. The lowest BCUT2D eigenvalue weighted by Gasteiger charge is -2.26. The van der Waals surface area contributed by atoms with Gasteiger partial charge >= 0.3 is 0 Å². The third kappa shape index (κ3) is 6.03. The second-order valence-corrected chi connectivity index (χ2v) is 10.4. The molecular formula is C25H26Cl2N2O4S. The molecule has 0 aliphatic heterocycles. The van der Waals surface area contributed by atoms with Crippen molar-refractivity contribution in [3.8, 4) is 5.75 Å². The minimum atomic E-state index is -4.07. The smallest absolute Gasteiger partial charge is 0.264 e. The van der Waals surface area contributed by atoms with Crippen molar-refractivity contribution in [2.75, 3.05) is 18.0 Å². The molecule has 0 heterocycles. The van der Waals surface area contributed by atoms with E-state index in [1.54, 1.807) is 25.3 Å². The number of halogens is 2. The molecule has 0 radical (unpaired) electrons. The second kappa shape index (κ2) is 11.1. The van der Waals surface area contributed by atoms with Crippen LogP contribution in [0.25, 0.3) is 0 Å². The highest BCUT2D eigenvalue weighted by molar-refractivity contribution is 7.92. The molecule has 6 nitrogen and oxygen atoms in total. The number of anilines is 1. The molecule has 3 aromatic carbocycles. The van der Waals surface area contributed by atoms with Gasteiger partial charge in [-0.05, 0) is 73.0 Å². The lowest BCUT2D eigenvalue weighted by molar-refractivity contribution is -0.120. The standard InChI is InChI=1S/C25H26Cl2N2O4S/c1-4-23(18-8-13-24(33-3)17(2)14-18)28-25(30)16-29(21-7-5-6-20(27)15-21)34(31,32)22-11-9-19(26)10-12-22/h5-15,23H,4,16H2,1-3H3,(H,28,30). The molecule has 0 bridgehead atoms. The quantitative estimate of drug-likeness (QED) is 0.388. The topological polar surface area (TPSA) is 75.7 Å². The van der Waals surface area contributed by atoms with Crippen LogP contribution >= 0.6 is 23.2 Å². The average molecular weight is 521 g/mol. The summed E-state index contributed by atoms with van der Waals surface area (Å²) in [6.07, 6.45) is 0.624. The third-order valence-electron chi connectivity index (χ3n) is 5.35. The van der Waals surface area contributed by atoms with Gasteiger partial charge in [-0.3, -0.25) is 9.10 Å². The van der Waals surface area contributed by atoms with Crippen LogP contribution in [0, 0.1) is 6.92 Å². The van der Waals surface area contributed by atoms with Gasteiger partial charge in [0.1, 0.15) is 12.3 Å². The van der Waals surface area contributed by atoms with E-state index in [-0.39, 0.29) is 16.6 Å². The molecule has 0 aliphatic carbocycles. The minimum absolute atomic E-state index is 0.0162. The van der Waals surface area contributed by atoms with E-state index >= 15 is 0 Å². The number of hydrogen-bond donors (Lipinski definition) is 1. The van der Waals surface area contributed by atoms with Crippen molar-refractivity contribution in [1.82, 2.24) is 5.32 Å². The molecule has 0 saturated heterocycles. The van der Waals surface area contributed by atoms with E-state index in [1.165, 1.54) is 30.3 Å². The van der Waals surface area contributed by atoms with E-state index in [0.29, 0.717) is 16.5 Å². The Morgan fingerprint density at radius 3 is 2.32 bits per heavy atom. The molecule has 1 unspecified atom stereocenters. The van der Waals surface area contributed by atoms with Crippen molar-refractivity contribution < 1.29 is 17.9 Å². The van der Waals surface area contributed by atoms with Gasteiger partial charge < -0.3 is 10.1 Å². The number of carbonyl (C=O) groups is 1. The molecule has 180 valence electrons. The second-order valence-electron chi connectivity index (χ2n) is 7.70. The molecule has 1 atom stereocenters. The zero-order valence-corrected chi connectivity index (χ0v) is 21.4. The number of aryl methyl sites for hydroxylation is 1. The Bertz CT molecular complexity index is 1260. The van der Waals surface area contributed by atoms with Crippen molar-refractivity contribution >= 4 is 44.8 Å². The van der Waals surface area contributed by atoms with Crippen molar-refractivity contribution in [3.63, 3.8) is 0 Å². The van der Waals surface area contributed by atoms with Crippen LogP contribution < -0.4 is 14.4 Å². The molecule has 1 amide bonds. The number of methoxy groups -OCH3 is 1. The Morgan fingerprint density at radius 1 is 1.03 bits per heavy atom. The van der Waals surface area contributed by atoms with Gasteiger partial charge in [-0.2, -0.15) is 0 Å². The van der Waals surface area contributed by atoms with Crippen LogP contribution in [0.15, 0.2) is 71.6 Å². The fraction of sp³-hybridized carbons (Fsp3) is 0.240. The Hall–Kier alpha value is -2.74. The van der Waals surface area contributed by atoms with Crippen LogP contribution in [0.2, 0.25) is 10.0 Å². The summed E-state index contributed by atoms with van der Waals surface area (Å²) in [7, 11) is -2.46. The summed E-state index contributed by atoms with van der Waals surface area (Å²) < 4.78 is 33.3. The normalized spacial score (nSPS) is 12.1. The molecule has 3 rings (SSSR count). The number of amides is 1. The predicted molar refractivity (Wildman–Crippen MR) is 136 cm³/mol. The van der Waals surface area contributed by atoms with Crippen molar-refractivity contribution in [3.05, 3.63) is 87.9 Å².